The molecular weight excluding hydrogens is 288 g/mol. The summed E-state index contributed by atoms with van der Waals surface area (Å²) < 4.78 is 0. The molecular formula is C14H18N4S2. The first-order valence-electron chi connectivity index (χ1n) is 6.31. The van der Waals surface area contributed by atoms with E-state index in [4.69, 9.17) is 0 Å². The van der Waals surface area contributed by atoms with Gasteiger partial charge in [0.1, 0.15) is 0 Å². The minimum atomic E-state index is 0.833. The van der Waals surface area contributed by atoms with Gasteiger partial charge in [0.05, 0.1) is 25.5 Å². The van der Waals surface area contributed by atoms with E-state index >= 15 is 0 Å². The van der Waals surface area contributed by atoms with Gasteiger partial charge in [-0.15, -0.1) is 22.7 Å². The highest BCUT2D eigenvalue weighted by molar-refractivity contribution is 7.12. The van der Waals surface area contributed by atoms with Gasteiger partial charge in [-0.05, 0) is 22.9 Å². The molecule has 2 rings (SSSR count). The van der Waals surface area contributed by atoms with Gasteiger partial charge >= 0.3 is 0 Å². The van der Waals surface area contributed by atoms with E-state index in [9.17, 15) is 0 Å². The lowest BCUT2D eigenvalue weighted by Crippen LogP contribution is -2.25. The molecule has 0 saturated heterocycles. The molecule has 0 unspecified atom stereocenters. The second kappa shape index (κ2) is 7.81. The largest absolute Gasteiger partial charge is 0.298 e. The van der Waals surface area contributed by atoms with Crippen LogP contribution in [0.3, 0.4) is 0 Å². The quantitative estimate of drug-likeness (QED) is 0.581. The molecule has 0 spiro atoms. The van der Waals surface area contributed by atoms with Crippen LogP contribution >= 0.6 is 22.7 Å². The Labute approximate surface area is 127 Å². The number of nitrogens with zero attached hydrogens (tertiary/aromatic N) is 4. The minimum absolute atomic E-state index is 0.833. The molecule has 0 amide bonds. The van der Waals surface area contributed by atoms with E-state index in [-0.39, 0.29) is 0 Å². The normalized spacial score (nSPS) is 11.5. The van der Waals surface area contributed by atoms with Crippen LogP contribution in [-0.4, -0.2) is 49.6 Å². The fraction of sp³-hybridized carbons (Fsp3) is 0.286. The van der Waals surface area contributed by atoms with Crippen LogP contribution < -0.4 is 0 Å². The van der Waals surface area contributed by atoms with Crippen molar-refractivity contribution in [3.8, 4) is 0 Å². The molecule has 0 aliphatic heterocycles. The zero-order valence-electron chi connectivity index (χ0n) is 11.6. The topological polar surface area (TPSA) is 31.2 Å². The van der Waals surface area contributed by atoms with Crippen LogP contribution in [0.1, 0.15) is 9.75 Å². The molecule has 106 valence electrons. The van der Waals surface area contributed by atoms with Gasteiger partial charge in [0.15, 0.2) is 0 Å². The minimum Gasteiger partial charge on any atom is -0.298 e. The lowest BCUT2D eigenvalue weighted by atomic mass is 10.5. The van der Waals surface area contributed by atoms with E-state index in [1.807, 2.05) is 48.7 Å². The van der Waals surface area contributed by atoms with Gasteiger partial charge in [-0.3, -0.25) is 10.0 Å². The molecule has 0 aliphatic carbocycles. The van der Waals surface area contributed by atoms with Crippen molar-refractivity contribution >= 4 is 35.1 Å². The average Bonchev–Trinajstić information content (AvgIpc) is 3.13. The standard InChI is InChI=1S/C14H18N4S2/c1-17(15-11-13-5-3-9-19-13)7-8-18(2)16-12-14-6-4-10-20-14/h3-6,9-12H,7-8H2,1-2H3. The van der Waals surface area contributed by atoms with Crippen LogP contribution in [0.15, 0.2) is 45.2 Å². The number of hydrogen-bond donors (Lipinski definition) is 0. The van der Waals surface area contributed by atoms with Crippen molar-refractivity contribution in [2.45, 2.75) is 0 Å². The van der Waals surface area contributed by atoms with Gasteiger partial charge in [0.25, 0.3) is 0 Å². The van der Waals surface area contributed by atoms with Crippen LogP contribution in [0.4, 0.5) is 0 Å². The Hall–Kier alpha value is -1.66. The second-order valence-electron chi connectivity index (χ2n) is 4.28. The first kappa shape index (κ1) is 14.7. The molecule has 2 aromatic heterocycles. The second-order valence-corrected chi connectivity index (χ2v) is 6.24. The maximum atomic E-state index is 4.39. The van der Waals surface area contributed by atoms with Crippen molar-refractivity contribution < 1.29 is 0 Å². The van der Waals surface area contributed by atoms with E-state index < -0.39 is 0 Å². The smallest absolute Gasteiger partial charge is 0.0642 e. The zero-order chi connectivity index (χ0) is 14.2. The molecule has 0 bridgehead atoms. The van der Waals surface area contributed by atoms with Crippen molar-refractivity contribution in [1.29, 1.82) is 0 Å². The molecule has 6 heteroatoms. The van der Waals surface area contributed by atoms with Crippen LogP contribution in [0.25, 0.3) is 0 Å². The molecule has 2 heterocycles. The fourth-order valence-electron chi connectivity index (χ4n) is 1.45. The molecule has 0 aliphatic rings. The highest BCUT2D eigenvalue weighted by Gasteiger charge is 1.97. The van der Waals surface area contributed by atoms with E-state index in [1.54, 1.807) is 22.7 Å². The average molecular weight is 306 g/mol. The number of hydrogen-bond acceptors (Lipinski definition) is 6. The highest BCUT2D eigenvalue weighted by Crippen LogP contribution is 2.06. The summed E-state index contributed by atoms with van der Waals surface area (Å²) in [5, 5.41) is 16.7. The third kappa shape index (κ3) is 5.14. The number of likely N-dealkylation sites (N-methyl/N-ethyl adjacent to an activating group) is 2. The summed E-state index contributed by atoms with van der Waals surface area (Å²) in [5.41, 5.74) is 0. The molecule has 0 N–H and O–H groups in total. The highest BCUT2D eigenvalue weighted by atomic mass is 32.1. The molecule has 20 heavy (non-hydrogen) atoms. The summed E-state index contributed by atoms with van der Waals surface area (Å²) in [6, 6.07) is 8.16. The zero-order valence-corrected chi connectivity index (χ0v) is 13.3. The molecule has 0 radical (unpaired) electrons. The van der Waals surface area contributed by atoms with Crippen LogP contribution in [0.2, 0.25) is 0 Å². The van der Waals surface area contributed by atoms with Gasteiger partial charge in [0, 0.05) is 23.8 Å². The van der Waals surface area contributed by atoms with Crippen LogP contribution in [0, 0.1) is 0 Å². The van der Waals surface area contributed by atoms with E-state index in [0.29, 0.717) is 0 Å². The monoisotopic (exact) mass is 306 g/mol. The van der Waals surface area contributed by atoms with Crippen molar-refractivity contribution in [3.05, 3.63) is 44.8 Å². The molecule has 2 aromatic rings. The fourth-order valence-corrected chi connectivity index (χ4v) is 2.60. The third-order valence-electron chi connectivity index (χ3n) is 2.60. The Bertz CT molecular complexity index is 481. The summed E-state index contributed by atoms with van der Waals surface area (Å²) in [5.74, 6) is 0. The summed E-state index contributed by atoms with van der Waals surface area (Å²) in [6.07, 6.45) is 3.78. The predicted molar refractivity (Wildman–Crippen MR) is 89.1 cm³/mol. The summed E-state index contributed by atoms with van der Waals surface area (Å²) in [6.45, 7) is 1.67. The van der Waals surface area contributed by atoms with E-state index in [1.165, 1.54) is 9.75 Å². The van der Waals surface area contributed by atoms with Gasteiger partial charge < -0.3 is 0 Å². The maximum Gasteiger partial charge on any atom is 0.0642 e. The molecule has 0 fully saturated rings. The maximum absolute atomic E-state index is 4.39. The van der Waals surface area contributed by atoms with Crippen molar-refractivity contribution in [2.75, 3.05) is 27.2 Å². The molecule has 4 nitrogen and oxygen atoms in total. The van der Waals surface area contributed by atoms with Gasteiger partial charge in [-0.25, -0.2) is 0 Å². The molecule has 0 atom stereocenters. The lowest BCUT2D eigenvalue weighted by Gasteiger charge is -2.17. The number of thiophene rings is 2. The molecule has 0 saturated carbocycles. The first-order chi connectivity index (χ1) is 9.74. The van der Waals surface area contributed by atoms with Crippen LogP contribution in [0.5, 0.6) is 0 Å². The summed E-state index contributed by atoms with van der Waals surface area (Å²) >= 11 is 3.37. The molecule has 0 aromatic carbocycles. The Kier molecular flexibility index (Phi) is 5.76. The van der Waals surface area contributed by atoms with Crippen molar-refractivity contribution in [3.63, 3.8) is 0 Å². The van der Waals surface area contributed by atoms with Gasteiger partial charge in [-0.1, -0.05) is 12.1 Å². The SMILES string of the molecule is CN(CCN(C)N=Cc1cccs1)N=Cc1cccs1. The number of hydrazone groups is 2. The summed E-state index contributed by atoms with van der Waals surface area (Å²) in [4.78, 5) is 2.34. The third-order valence-corrected chi connectivity index (χ3v) is 4.21. The Morgan fingerprint density at radius 1 is 0.900 bits per heavy atom. The van der Waals surface area contributed by atoms with Crippen LogP contribution in [-0.2, 0) is 0 Å². The Morgan fingerprint density at radius 2 is 1.35 bits per heavy atom. The Balaban J connectivity index is 1.71. The number of rotatable bonds is 7. The van der Waals surface area contributed by atoms with Gasteiger partial charge in [-0.2, -0.15) is 10.2 Å². The van der Waals surface area contributed by atoms with Crippen molar-refractivity contribution in [2.24, 2.45) is 10.2 Å². The summed E-state index contributed by atoms with van der Waals surface area (Å²) in [7, 11) is 3.95. The first-order valence-corrected chi connectivity index (χ1v) is 8.07. The predicted octanol–water partition coefficient (Wildman–Crippen LogP) is 3.04. The van der Waals surface area contributed by atoms with E-state index in [2.05, 4.69) is 33.1 Å². The Morgan fingerprint density at radius 3 is 1.70 bits per heavy atom. The van der Waals surface area contributed by atoms with E-state index in [0.717, 1.165) is 13.1 Å². The van der Waals surface area contributed by atoms with Crippen molar-refractivity contribution in [1.82, 2.24) is 10.0 Å². The lowest BCUT2D eigenvalue weighted by molar-refractivity contribution is 0.272. The van der Waals surface area contributed by atoms with Gasteiger partial charge in [0.2, 0.25) is 0 Å².